The van der Waals surface area contributed by atoms with Crippen LogP contribution in [0.5, 0.6) is 0 Å². The van der Waals surface area contributed by atoms with E-state index in [9.17, 15) is 28.8 Å². The Morgan fingerprint density at radius 2 is 1.80 bits per heavy atom. The highest BCUT2D eigenvalue weighted by Crippen LogP contribution is 2.42. The highest BCUT2D eigenvalue weighted by Gasteiger charge is 2.47. The van der Waals surface area contributed by atoms with Gasteiger partial charge in [0, 0.05) is 19.4 Å². The van der Waals surface area contributed by atoms with Crippen LogP contribution in [-0.2, 0) is 35.1 Å². The molecule has 2 aliphatic heterocycles. The molecule has 3 rings (SSSR count). The Labute approximate surface area is 228 Å². The molecule has 4 atom stereocenters. The van der Waals surface area contributed by atoms with Crippen LogP contribution in [0.1, 0.15) is 50.0 Å². The number of hydrazine groups is 1. The number of benzene rings is 1. The summed E-state index contributed by atoms with van der Waals surface area (Å²) in [6.45, 7) is 5.83. The summed E-state index contributed by atoms with van der Waals surface area (Å²) in [7, 11) is 0. The van der Waals surface area contributed by atoms with Crippen molar-refractivity contribution in [3.63, 3.8) is 0 Å². The van der Waals surface area contributed by atoms with Crippen molar-refractivity contribution in [2.75, 3.05) is 24.6 Å². The molecule has 1 unspecified atom stereocenters. The zero-order valence-electron chi connectivity index (χ0n) is 22.4. The van der Waals surface area contributed by atoms with Gasteiger partial charge in [0.15, 0.2) is 17.4 Å². The van der Waals surface area contributed by atoms with Gasteiger partial charge >= 0.3 is 12.0 Å². The lowest BCUT2D eigenvalue weighted by Gasteiger charge is -2.50. The Balaban J connectivity index is 1.88. The van der Waals surface area contributed by atoms with Crippen molar-refractivity contribution in [2.45, 2.75) is 58.8 Å². The van der Waals surface area contributed by atoms with E-state index in [1.54, 1.807) is 20.8 Å². The van der Waals surface area contributed by atoms with Crippen LogP contribution >= 0.6 is 0 Å². The van der Waals surface area contributed by atoms with Gasteiger partial charge in [-0.05, 0) is 38.8 Å². The van der Waals surface area contributed by atoms with Gasteiger partial charge in [0.05, 0.1) is 42.7 Å². The lowest BCUT2D eigenvalue weighted by atomic mass is 9.78. The second kappa shape index (κ2) is 12.8. The normalized spacial score (nSPS) is 21.3. The van der Waals surface area contributed by atoms with Crippen LogP contribution in [0.15, 0.2) is 6.07 Å². The molecule has 15 heteroatoms. The first-order valence-electron chi connectivity index (χ1n) is 12.6. The van der Waals surface area contributed by atoms with Gasteiger partial charge < -0.3 is 19.7 Å². The third-order valence-corrected chi connectivity index (χ3v) is 6.44. The fraction of sp³-hybridized carbons (Fsp3) is 0.520. The van der Waals surface area contributed by atoms with Crippen molar-refractivity contribution in [3.05, 3.63) is 28.8 Å². The third kappa shape index (κ3) is 6.89. The predicted octanol–water partition coefficient (Wildman–Crippen LogP) is 0.248. The molecule has 1 aromatic carbocycles. The van der Waals surface area contributed by atoms with Gasteiger partial charge in [0.2, 0.25) is 11.8 Å². The Morgan fingerprint density at radius 3 is 2.45 bits per heavy atom. The first-order valence-corrected chi connectivity index (χ1v) is 12.6. The number of Topliss-reactive ketones (excluding diaryl/α,β-unsaturated/α-hetero) is 1. The molecule has 40 heavy (non-hydrogen) atoms. The van der Waals surface area contributed by atoms with E-state index in [2.05, 4.69) is 10.1 Å². The summed E-state index contributed by atoms with van der Waals surface area (Å²) in [5, 5.41) is 4.29. The molecule has 218 valence electrons. The smallest absolute Gasteiger partial charge is 0.321 e. The van der Waals surface area contributed by atoms with Crippen LogP contribution in [0.2, 0.25) is 0 Å². The average Bonchev–Trinajstić information content (AvgIpc) is 2.86. The molecule has 1 saturated heterocycles. The second-order valence-electron chi connectivity index (χ2n) is 9.48. The predicted molar refractivity (Wildman–Crippen MR) is 134 cm³/mol. The minimum Gasteiger partial charge on any atom is -0.466 e. The topological polar surface area (TPSA) is 172 Å². The highest BCUT2D eigenvalue weighted by atomic mass is 19.2. The van der Waals surface area contributed by atoms with Crippen LogP contribution < -0.4 is 26.4 Å². The number of hydrogen-bond acceptors (Lipinski definition) is 9. The molecule has 13 nitrogen and oxygen atoms in total. The van der Waals surface area contributed by atoms with Crippen LogP contribution in [0.4, 0.5) is 19.3 Å². The number of nitrogens with one attached hydrogen (secondary N) is 4. The molecule has 1 fully saturated rings. The number of carbonyl (C=O) groups is 6. The van der Waals surface area contributed by atoms with Gasteiger partial charge in [-0.2, -0.15) is 0 Å². The number of hydrogen-bond donors (Lipinski definition) is 4. The summed E-state index contributed by atoms with van der Waals surface area (Å²) in [5.74, 6) is -7.65. The van der Waals surface area contributed by atoms with Gasteiger partial charge in [0.25, 0.3) is 5.91 Å². The summed E-state index contributed by atoms with van der Waals surface area (Å²) in [6, 6.07) is -0.477. The molecule has 5 amide bonds. The Hall–Kier alpha value is -4.14. The molecule has 4 N–H and O–H groups in total. The van der Waals surface area contributed by atoms with Crippen molar-refractivity contribution in [1.82, 2.24) is 21.5 Å². The second-order valence-corrected chi connectivity index (χ2v) is 9.48. The van der Waals surface area contributed by atoms with E-state index in [0.29, 0.717) is 0 Å². The molecular weight excluding hydrogens is 536 g/mol. The first kappa shape index (κ1) is 30.4. The van der Waals surface area contributed by atoms with Crippen molar-refractivity contribution in [1.29, 1.82) is 0 Å². The maximum atomic E-state index is 15.5. The fourth-order valence-corrected chi connectivity index (χ4v) is 4.97. The maximum absolute atomic E-state index is 15.5. The molecule has 2 aliphatic rings. The number of fused-ring (bicyclic) bond motifs is 3. The van der Waals surface area contributed by atoms with Gasteiger partial charge in [-0.25, -0.2) is 13.6 Å². The van der Waals surface area contributed by atoms with Crippen molar-refractivity contribution < 1.29 is 47.0 Å². The number of urea groups is 1. The number of esters is 1. The minimum atomic E-state index is -1.46. The van der Waals surface area contributed by atoms with E-state index in [4.69, 9.17) is 4.74 Å². The zero-order valence-corrected chi connectivity index (χ0v) is 22.4. The number of nitrogens with zero attached hydrogens (tertiary/aromatic N) is 1. The maximum Gasteiger partial charge on any atom is 0.321 e. The van der Waals surface area contributed by atoms with E-state index in [1.807, 2.05) is 16.2 Å². The number of rotatable bonds is 7. The monoisotopic (exact) mass is 567 g/mol. The molecule has 0 aromatic heterocycles. The number of ketones is 1. The number of anilines is 1. The summed E-state index contributed by atoms with van der Waals surface area (Å²) >= 11 is 0. The summed E-state index contributed by atoms with van der Waals surface area (Å²) < 4.78 is 41.2. The highest BCUT2D eigenvalue weighted by molar-refractivity contribution is 5.99. The number of imide groups is 1. The van der Waals surface area contributed by atoms with Gasteiger partial charge in [-0.3, -0.25) is 40.1 Å². The molecule has 2 heterocycles. The third-order valence-electron chi connectivity index (χ3n) is 6.44. The minimum absolute atomic E-state index is 0.0464. The first-order chi connectivity index (χ1) is 18.8. The lowest BCUT2D eigenvalue weighted by molar-refractivity contribution is -0.146. The van der Waals surface area contributed by atoms with Crippen LogP contribution in [0.25, 0.3) is 0 Å². The molecule has 0 saturated carbocycles. The van der Waals surface area contributed by atoms with Crippen LogP contribution in [0, 0.1) is 17.6 Å². The largest absolute Gasteiger partial charge is 0.466 e. The molecule has 0 spiro atoms. The lowest BCUT2D eigenvalue weighted by Crippen LogP contribution is -2.61. The van der Waals surface area contributed by atoms with Crippen LogP contribution in [-0.4, -0.2) is 73.5 Å². The summed E-state index contributed by atoms with van der Waals surface area (Å²) in [6.07, 6.45) is -1.78. The quantitative estimate of drug-likeness (QED) is 0.205. The number of carbonyl (C=O) groups excluding carboxylic acids is 6. The van der Waals surface area contributed by atoms with E-state index >= 15 is 8.78 Å². The van der Waals surface area contributed by atoms with E-state index in [0.717, 1.165) is 13.0 Å². The van der Waals surface area contributed by atoms with E-state index in [-0.39, 0.29) is 30.8 Å². The number of amides is 5. The molecule has 1 aromatic rings. The average molecular weight is 568 g/mol. The number of ether oxygens (including phenoxy) is 2. The fourth-order valence-electron chi connectivity index (χ4n) is 4.97. The van der Waals surface area contributed by atoms with Crippen molar-refractivity contribution in [3.8, 4) is 0 Å². The zero-order chi connectivity index (χ0) is 29.7. The van der Waals surface area contributed by atoms with Gasteiger partial charge in [-0.1, -0.05) is 0 Å². The standard InChI is InChI=1S/C25H31F2N5O8/c1-5-39-19(36)8-18(35)30-31-24(37)16-7-14-6-15(17(34)9-28-25(38)29-13(4)33)22-12(3)40-11(2)10-32(22)23(14)21(27)20(16)26/h7,11-12,15,22H,5-6,8-10H2,1-4H3,(H,30,35)(H,31,37)(H2,28,29,33,38)/t11?,12-,15+,22+/m1/s1. The van der Waals surface area contributed by atoms with E-state index in [1.165, 1.54) is 4.90 Å². The van der Waals surface area contributed by atoms with Gasteiger partial charge in [0.1, 0.15) is 6.42 Å². The van der Waals surface area contributed by atoms with E-state index < -0.39 is 89.8 Å². The van der Waals surface area contributed by atoms with Crippen molar-refractivity contribution in [2.24, 2.45) is 5.92 Å². The Bertz CT molecular complexity index is 1230. The van der Waals surface area contributed by atoms with Crippen molar-refractivity contribution >= 4 is 41.2 Å². The Morgan fingerprint density at radius 1 is 1.10 bits per heavy atom. The number of morpholine rings is 1. The molecule has 0 radical (unpaired) electrons. The SMILES string of the molecule is CCOC(=O)CC(=O)NNC(=O)c1cc2c(c(F)c1F)N1CC(C)O[C@H](C)[C@H]1[C@H](C(=O)CNC(=O)NC(C)=O)C2. The molecule has 0 aliphatic carbocycles. The van der Waals surface area contributed by atoms with Gasteiger partial charge in [-0.15, -0.1) is 0 Å². The molecular formula is C25H31F2N5O8. The summed E-state index contributed by atoms with van der Waals surface area (Å²) in [4.78, 5) is 73.6. The molecule has 0 bridgehead atoms. The van der Waals surface area contributed by atoms with Crippen LogP contribution in [0.3, 0.4) is 0 Å². The number of halogens is 2. The Kier molecular flexibility index (Phi) is 9.74. The summed E-state index contributed by atoms with van der Waals surface area (Å²) in [5.41, 5.74) is 3.20.